The quantitative estimate of drug-likeness (QED) is 0.477. The summed E-state index contributed by atoms with van der Waals surface area (Å²) >= 11 is 3.69. The summed E-state index contributed by atoms with van der Waals surface area (Å²) in [5.41, 5.74) is 1.36. The maximum Gasteiger partial charge on any atom is 0.211 e. The number of hydrogen-bond donors (Lipinski definition) is 1. The molecule has 0 bridgehead atoms. The van der Waals surface area contributed by atoms with Gasteiger partial charge >= 0.3 is 0 Å². The van der Waals surface area contributed by atoms with Crippen LogP contribution in [-0.2, 0) is 16.4 Å². The van der Waals surface area contributed by atoms with Crippen LogP contribution in [0.15, 0.2) is 22.7 Å². The molecule has 0 aromatic heterocycles. The molecule has 0 amide bonds. The molecule has 7 heteroatoms. The van der Waals surface area contributed by atoms with Gasteiger partial charge in [0, 0.05) is 10.5 Å². The van der Waals surface area contributed by atoms with Crippen LogP contribution in [-0.4, -0.2) is 51.9 Å². The highest BCUT2D eigenvalue weighted by atomic mass is 79.9. The summed E-state index contributed by atoms with van der Waals surface area (Å²) in [6, 6.07) is 6.42. The van der Waals surface area contributed by atoms with Crippen molar-refractivity contribution >= 4 is 26.0 Å². The first-order valence-electron chi connectivity index (χ1n) is 11.9. The molecule has 1 N–H and O–H groups in total. The van der Waals surface area contributed by atoms with Crippen molar-refractivity contribution in [3.05, 3.63) is 28.2 Å². The molecule has 1 aliphatic heterocycles. The van der Waals surface area contributed by atoms with E-state index >= 15 is 0 Å². The Morgan fingerprint density at radius 1 is 1.10 bits per heavy atom. The van der Waals surface area contributed by atoms with Crippen LogP contribution in [0.1, 0.15) is 63.9 Å². The van der Waals surface area contributed by atoms with Gasteiger partial charge < -0.3 is 9.64 Å². The van der Waals surface area contributed by atoms with Gasteiger partial charge in [0.15, 0.2) is 0 Å². The second-order valence-electron chi connectivity index (χ2n) is 9.33. The molecule has 1 heterocycles. The van der Waals surface area contributed by atoms with E-state index in [2.05, 4.69) is 37.7 Å². The number of benzene rings is 1. The second-order valence-corrected chi connectivity index (χ2v) is 12.2. The number of methoxy groups -OCH3 is 1. The fraction of sp³-hybridized carbons (Fsp3) is 0.750. The Bertz CT molecular complexity index is 786. The zero-order valence-corrected chi connectivity index (χ0v) is 21.5. The van der Waals surface area contributed by atoms with Crippen molar-refractivity contribution in [1.29, 1.82) is 0 Å². The van der Waals surface area contributed by atoms with Gasteiger partial charge in [0.1, 0.15) is 5.75 Å². The van der Waals surface area contributed by atoms with Gasteiger partial charge in [-0.25, -0.2) is 13.1 Å². The van der Waals surface area contributed by atoms with E-state index in [0.29, 0.717) is 0 Å². The van der Waals surface area contributed by atoms with Crippen molar-refractivity contribution in [2.75, 3.05) is 32.5 Å². The summed E-state index contributed by atoms with van der Waals surface area (Å²) in [6.45, 7) is 5.32. The van der Waals surface area contributed by atoms with Crippen molar-refractivity contribution in [1.82, 2.24) is 9.62 Å². The van der Waals surface area contributed by atoms with E-state index in [1.165, 1.54) is 55.4 Å². The molecule has 3 rings (SSSR count). The number of nitrogens with one attached hydrogen (secondary N) is 1. The summed E-state index contributed by atoms with van der Waals surface area (Å²) < 4.78 is 32.9. The lowest BCUT2D eigenvalue weighted by Crippen LogP contribution is -2.38. The van der Waals surface area contributed by atoms with Gasteiger partial charge in [-0.05, 0) is 120 Å². The van der Waals surface area contributed by atoms with Crippen LogP contribution in [0.4, 0.5) is 0 Å². The molecule has 0 radical (unpaired) electrons. The highest BCUT2D eigenvalue weighted by molar-refractivity contribution is 9.10. The largest absolute Gasteiger partial charge is 0.497 e. The van der Waals surface area contributed by atoms with Gasteiger partial charge in [-0.2, -0.15) is 0 Å². The number of piperidine rings is 1. The zero-order chi connectivity index (χ0) is 22.3. The summed E-state index contributed by atoms with van der Waals surface area (Å²) in [7, 11) is -1.34. The normalized spacial score (nSPS) is 23.7. The maximum atomic E-state index is 11.7. The molecule has 0 spiro atoms. The average molecular weight is 516 g/mol. The predicted molar refractivity (Wildman–Crippen MR) is 131 cm³/mol. The van der Waals surface area contributed by atoms with Crippen molar-refractivity contribution in [2.45, 2.75) is 70.8 Å². The number of hydrogen-bond acceptors (Lipinski definition) is 4. The fourth-order valence-corrected chi connectivity index (χ4v) is 6.39. The van der Waals surface area contributed by atoms with Gasteiger partial charge in [-0.15, -0.1) is 0 Å². The first-order chi connectivity index (χ1) is 14.9. The van der Waals surface area contributed by atoms with E-state index in [9.17, 15) is 8.42 Å². The molecule has 176 valence electrons. The Morgan fingerprint density at radius 3 is 2.45 bits per heavy atom. The molecule has 0 atom stereocenters. The molecule has 2 aliphatic rings. The number of rotatable bonds is 10. The van der Waals surface area contributed by atoms with Crippen molar-refractivity contribution in [3.63, 3.8) is 0 Å². The summed E-state index contributed by atoms with van der Waals surface area (Å²) in [4.78, 5) is 2.64. The summed E-state index contributed by atoms with van der Waals surface area (Å²) in [5, 5.41) is 0. The molecule has 1 aromatic rings. The number of halogens is 1. The number of nitrogens with zero attached hydrogens (tertiary/aromatic N) is 1. The topological polar surface area (TPSA) is 58.6 Å². The van der Waals surface area contributed by atoms with E-state index in [0.717, 1.165) is 49.7 Å². The van der Waals surface area contributed by atoms with E-state index in [1.807, 2.05) is 6.07 Å². The smallest absolute Gasteiger partial charge is 0.211 e. The van der Waals surface area contributed by atoms with E-state index in [1.54, 1.807) is 14.0 Å². The maximum absolute atomic E-state index is 11.7. The van der Waals surface area contributed by atoms with Crippen LogP contribution >= 0.6 is 15.9 Å². The lowest BCUT2D eigenvalue weighted by atomic mass is 9.83. The third-order valence-corrected chi connectivity index (χ3v) is 9.35. The molecule has 2 fully saturated rings. The highest BCUT2D eigenvalue weighted by Crippen LogP contribution is 2.30. The Kier molecular flexibility index (Phi) is 9.68. The van der Waals surface area contributed by atoms with Crippen LogP contribution < -0.4 is 9.46 Å². The van der Waals surface area contributed by atoms with E-state index < -0.39 is 10.0 Å². The monoisotopic (exact) mass is 514 g/mol. The minimum Gasteiger partial charge on any atom is -0.497 e. The Balaban J connectivity index is 1.31. The Hall–Kier alpha value is -0.630. The third-order valence-electron chi connectivity index (χ3n) is 7.13. The summed E-state index contributed by atoms with van der Waals surface area (Å²) in [5.74, 6) is 2.64. The molecular formula is C24H39BrN2O3S. The number of ether oxygens (including phenoxy) is 1. The van der Waals surface area contributed by atoms with Gasteiger partial charge in [0.2, 0.25) is 10.0 Å². The number of likely N-dealkylation sites (tertiary alicyclic amines) is 1. The molecule has 1 aromatic carbocycles. The molecule has 1 aliphatic carbocycles. The Labute approximate surface area is 197 Å². The first-order valence-corrected chi connectivity index (χ1v) is 14.4. The standard InChI is InChI=1S/C24H39BrN2O3S/c1-3-31(28,29)26-22-8-6-19(7-9-22)5-4-14-27-15-12-20(13-16-27)17-21-18-23(30-2)10-11-24(21)25/h10-11,18-20,22,26H,3-9,12-17H2,1-2H3. The highest BCUT2D eigenvalue weighted by Gasteiger charge is 2.25. The molecule has 1 saturated carbocycles. The first kappa shape index (κ1) is 25.0. The van der Waals surface area contributed by atoms with Crippen molar-refractivity contribution < 1.29 is 13.2 Å². The van der Waals surface area contributed by atoms with Crippen LogP contribution in [0, 0.1) is 11.8 Å². The van der Waals surface area contributed by atoms with E-state index in [-0.39, 0.29) is 11.8 Å². The molecule has 5 nitrogen and oxygen atoms in total. The second kappa shape index (κ2) is 12.0. The van der Waals surface area contributed by atoms with E-state index in [4.69, 9.17) is 4.74 Å². The minimum atomic E-state index is -3.06. The number of sulfonamides is 1. The minimum absolute atomic E-state index is 0.157. The van der Waals surface area contributed by atoms with Crippen molar-refractivity contribution in [3.8, 4) is 5.75 Å². The third kappa shape index (κ3) is 8.02. The van der Waals surface area contributed by atoms with Gasteiger partial charge in [-0.1, -0.05) is 15.9 Å². The zero-order valence-electron chi connectivity index (χ0n) is 19.1. The Morgan fingerprint density at radius 2 is 1.81 bits per heavy atom. The van der Waals surface area contributed by atoms with Crippen LogP contribution in [0.5, 0.6) is 5.75 Å². The van der Waals surface area contributed by atoms with Crippen LogP contribution in [0.3, 0.4) is 0 Å². The molecule has 31 heavy (non-hydrogen) atoms. The van der Waals surface area contributed by atoms with Crippen LogP contribution in [0.2, 0.25) is 0 Å². The lowest BCUT2D eigenvalue weighted by Gasteiger charge is -2.33. The SMILES string of the molecule is CCS(=O)(=O)NC1CCC(CCCN2CCC(Cc3cc(OC)ccc3Br)CC2)CC1. The van der Waals surface area contributed by atoms with Gasteiger partial charge in [-0.3, -0.25) is 0 Å². The fourth-order valence-electron chi connectivity index (χ4n) is 5.07. The molecule has 0 unspecified atom stereocenters. The van der Waals surface area contributed by atoms with Gasteiger partial charge in [0.25, 0.3) is 0 Å². The lowest BCUT2D eigenvalue weighted by molar-refractivity contribution is 0.175. The molecular weight excluding hydrogens is 476 g/mol. The summed E-state index contributed by atoms with van der Waals surface area (Å²) in [6.07, 6.45) is 10.5. The van der Waals surface area contributed by atoms with Gasteiger partial charge in [0.05, 0.1) is 12.9 Å². The average Bonchev–Trinajstić information content (AvgIpc) is 2.77. The predicted octanol–water partition coefficient (Wildman–Crippen LogP) is 4.99. The molecule has 1 saturated heterocycles. The van der Waals surface area contributed by atoms with Crippen molar-refractivity contribution in [2.24, 2.45) is 11.8 Å². The van der Waals surface area contributed by atoms with Crippen LogP contribution in [0.25, 0.3) is 0 Å².